The second-order valence-electron chi connectivity index (χ2n) is 6.38. The van der Waals surface area contributed by atoms with E-state index in [-0.39, 0.29) is 0 Å². The first kappa shape index (κ1) is 23.0. The number of hydrogen-bond donors (Lipinski definition) is 1. The number of hydrogen-bond acceptors (Lipinski definition) is 5. The summed E-state index contributed by atoms with van der Waals surface area (Å²) in [6.07, 6.45) is 9.82. The van der Waals surface area contributed by atoms with Crippen molar-refractivity contribution in [3.63, 3.8) is 0 Å². The van der Waals surface area contributed by atoms with Gasteiger partial charge in [-0.1, -0.05) is 68.8 Å². The van der Waals surface area contributed by atoms with Crippen molar-refractivity contribution in [1.29, 1.82) is 0 Å². The maximum Gasteiger partial charge on any atom is 0.317 e. The lowest BCUT2D eigenvalue weighted by Crippen LogP contribution is -2.26. The second kappa shape index (κ2) is 14.1. The van der Waals surface area contributed by atoms with Gasteiger partial charge in [-0.15, -0.1) is 11.3 Å². The maximum absolute atomic E-state index is 11.6. The van der Waals surface area contributed by atoms with Crippen molar-refractivity contribution >= 4 is 17.3 Å². The topological polar surface area (TPSA) is 95.3 Å². The SMILES string of the molecule is CCCCCCCCCCC#Cc1csc([C@H](O)[C@H](N=[N+]=[N-])C(=O)OC)c1. The molecule has 27 heavy (non-hydrogen) atoms. The van der Waals surface area contributed by atoms with Crippen molar-refractivity contribution in [2.45, 2.75) is 76.9 Å². The number of thiophene rings is 1. The molecule has 0 spiro atoms. The monoisotopic (exact) mass is 391 g/mol. The number of rotatable bonds is 12. The number of esters is 1. The van der Waals surface area contributed by atoms with Crippen molar-refractivity contribution in [2.75, 3.05) is 7.11 Å². The van der Waals surface area contributed by atoms with Crippen molar-refractivity contribution < 1.29 is 14.6 Å². The Morgan fingerprint density at radius 1 is 1.30 bits per heavy atom. The van der Waals surface area contributed by atoms with Crippen LogP contribution in [0.3, 0.4) is 0 Å². The standard InChI is InChI=1S/C20H29N3O3S/c1-3-4-5-6-7-8-9-10-11-12-13-16-14-17(27-15-16)19(24)18(22-23-21)20(25)26-2/h14-15,18-19,24H,3-11H2,1-2H3/t18-,19-/m0/s1. The first-order chi connectivity index (χ1) is 13.1. The van der Waals surface area contributed by atoms with Crippen LogP contribution in [-0.4, -0.2) is 24.2 Å². The summed E-state index contributed by atoms with van der Waals surface area (Å²) in [5.74, 6) is 5.47. The molecule has 0 aliphatic carbocycles. The van der Waals surface area contributed by atoms with Gasteiger partial charge < -0.3 is 9.84 Å². The summed E-state index contributed by atoms with van der Waals surface area (Å²) in [6.45, 7) is 2.23. The highest BCUT2D eigenvalue weighted by molar-refractivity contribution is 7.10. The van der Waals surface area contributed by atoms with Crippen LogP contribution in [0.15, 0.2) is 16.6 Å². The highest BCUT2D eigenvalue weighted by atomic mass is 32.1. The van der Waals surface area contributed by atoms with Gasteiger partial charge in [-0.05, 0) is 18.0 Å². The molecule has 2 atom stereocenters. The number of carbonyl (C=O) groups is 1. The third-order valence-corrected chi connectivity index (χ3v) is 5.22. The highest BCUT2D eigenvalue weighted by Gasteiger charge is 2.29. The molecule has 0 aliphatic heterocycles. The van der Waals surface area contributed by atoms with Gasteiger partial charge >= 0.3 is 5.97 Å². The van der Waals surface area contributed by atoms with Gasteiger partial charge in [0.25, 0.3) is 0 Å². The van der Waals surface area contributed by atoms with Crippen LogP contribution in [0.2, 0.25) is 0 Å². The third kappa shape index (κ3) is 8.96. The fourth-order valence-corrected chi connectivity index (χ4v) is 3.51. The molecule has 0 amide bonds. The lowest BCUT2D eigenvalue weighted by molar-refractivity contribution is -0.144. The molecule has 0 unspecified atom stereocenters. The fourth-order valence-electron chi connectivity index (χ4n) is 2.66. The molecule has 0 saturated heterocycles. The van der Waals surface area contributed by atoms with Crippen LogP contribution >= 0.6 is 11.3 Å². The van der Waals surface area contributed by atoms with Crippen molar-refractivity contribution in [3.8, 4) is 11.8 Å². The van der Waals surface area contributed by atoms with Crippen molar-refractivity contribution in [3.05, 3.63) is 32.3 Å². The van der Waals surface area contributed by atoms with Crippen LogP contribution in [0, 0.1) is 11.8 Å². The molecule has 0 aliphatic rings. The average Bonchev–Trinajstić information content (AvgIpc) is 3.15. The van der Waals surface area contributed by atoms with Crippen LogP contribution in [-0.2, 0) is 9.53 Å². The average molecular weight is 392 g/mol. The molecule has 0 radical (unpaired) electrons. The molecule has 1 rings (SSSR count). The van der Waals surface area contributed by atoms with Crippen LogP contribution in [0.4, 0.5) is 0 Å². The lowest BCUT2D eigenvalue weighted by atomic mass is 10.1. The Bertz CT molecular complexity index is 672. The molecule has 1 N–H and O–H groups in total. The lowest BCUT2D eigenvalue weighted by Gasteiger charge is -2.14. The van der Waals surface area contributed by atoms with E-state index in [9.17, 15) is 9.90 Å². The number of aliphatic hydroxyl groups is 1. The molecular weight excluding hydrogens is 362 g/mol. The minimum atomic E-state index is -1.29. The first-order valence-corrected chi connectivity index (χ1v) is 10.4. The van der Waals surface area contributed by atoms with Crippen LogP contribution < -0.4 is 0 Å². The summed E-state index contributed by atoms with van der Waals surface area (Å²) < 4.78 is 4.57. The number of unbranched alkanes of at least 4 members (excludes halogenated alkanes) is 8. The molecule has 0 saturated carbocycles. The van der Waals surface area contributed by atoms with Gasteiger partial charge in [0.15, 0.2) is 6.04 Å². The van der Waals surface area contributed by atoms with Gasteiger partial charge in [-0.25, -0.2) is 0 Å². The molecule has 0 fully saturated rings. The fraction of sp³-hybridized carbons (Fsp3) is 0.650. The summed E-state index contributed by atoms with van der Waals surface area (Å²) in [5, 5.41) is 15.4. The van der Waals surface area contributed by atoms with Crippen LogP contribution in [0.25, 0.3) is 10.4 Å². The number of carbonyl (C=O) groups excluding carboxylic acids is 1. The Kier molecular flexibility index (Phi) is 12.0. The summed E-state index contributed by atoms with van der Waals surface area (Å²) in [4.78, 5) is 14.8. The molecule has 1 aromatic heterocycles. The molecular formula is C20H29N3O3S. The van der Waals surface area contributed by atoms with E-state index >= 15 is 0 Å². The van der Waals surface area contributed by atoms with Gasteiger partial charge in [-0.2, -0.15) is 0 Å². The highest BCUT2D eigenvalue weighted by Crippen LogP contribution is 2.26. The van der Waals surface area contributed by atoms with E-state index < -0.39 is 18.1 Å². The van der Waals surface area contributed by atoms with E-state index in [1.165, 1.54) is 63.4 Å². The Labute approximate surface area is 165 Å². The summed E-state index contributed by atoms with van der Waals surface area (Å²) in [7, 11) is 1.19. The number of azide groups is 1. The van der Waals surface area contributed by atoms with E-state index in [4.69, 9.17) is 5.53 Å². The van der Waals surface area contributed by atoms with E-state index in [0.717, 1.165) is 18.4 Å². The number of methoxy groups -OCH3 is 1. The molecule has 0 aromatic carbocycles. The molecule has 6 nitrogen and oxygen atoms in total. The number of ether oxygens (including phenoxy) is 1. The van der Waals surface area contributed by atoms with Gasteiger partial charge in [0.05, 0.1) is 7.11 Å². The van der Waals surface area contributed by atoms with Gasteiger partial charge in [-0.3, -0.25) is 4.79 Å². The van der Waals surface area contributed by atoms with Crippen LogP contribution in [0.5, 0.6) is 0 Å². The van der Waals surface area contributed by atoms with E-state index in [1.54, 1.807) is 6.07 Å². The van der Waals surface area contributed by atoms with Gasteiger partial charge in [0.1, 0.15) is 6.10 Å². The van der Waals surface area contributed by atoms with Gasteiger partial charge in [0.2, 0.25) is 0 Å². The molecule has 1 aromatic rings. The van der Waals surface area contributed by atoms with E-state index in [2.05, 4.69) is 33.5 Å². The minimum Gasteiger partial charge on any atom is -0.469 e. The Morgan fingerprint density at radius 2 is 1.96 bits per heavy atom. The van der Waals surface area contributed by atoms with Crippen LogP contribution in [0.1, 0.15) is 81.3 Å². The summed E-state index contributed by atoms with van der Waals surface area (Å²) in [6, 6.07) is 0.426. The Hall–Kier alpha value is -2.00. The van der Waals surface area contributed by atoms with E-state index in [0.29, 0.717) is 4.88 Å². The van der Waals surface area contributed by atoms with Crippen molar-refractivity contribution in [2.24, 2.45) is 5.11 Å². The first-order valence-electron chi connectivity index (χ1n) is 9.51. The predicted octanol–water partition coefficient (Wildman–Crippen LogP) is 5.52. The number of aliphatic hydroxyl groups excluding tert-OH is 1. The molecule has 0 bridgehead atoms. The predicted molar refractivity (Wildman–Crippen MR) is 108 cm³/mol. The van der Waals surface area contributed by atoms with Crippen molar-refractivity contribution in [1.82, 2.24) is 0 Å². The molecule has 148 valence electrons. The third-order valence-electron chi connectivity index (χ3n) is 4.22. The quantitative estimate of drug-likeness (QED) is 0.127. The minimum absolute atomic E-state index is 0.522. The van der Waals surface area contributed by atoms with Gasteiger partial charge in [0, 0.05) is 27.2 Å². The zero-order chi connectivity index (χ0) is 19.9. The zero-order valence-electron chi connectivity index (χ0n) is 16.2. The van der Waals surface area contributed by atoms with E-state index in [1.807, 2.05) is 5.38 Å². The number of nitrogens with zero attached hydrogens (tertiary/aromatic N) is 3. The zero-order valence-corrected chi connectivity index (χ0v) is 17.0. The molecule has 1 heterocycles. The largest absolute Gasteiger partial charge is 0.469 e. The second-order valence-corrected chi connectivity index (χ2v) is 7.32. The molecule has 7 heteroatoms. The smallest absolute Gasteiger partial charge is 0.317 e. The maximum atomic E-state index is 11.6. The Balaban J connectivity index is 2.41. The Morgan fingerprint density at radius 3 is 2.59 bits per heavy atom. The summed E-state index contributed by atoms with van der Waals surface area (Å²) >= 11 is 1.28. The normalized spacial score (nSPS) is 12.4. The summed E-state index contributed by atoms with van der Waals surface area (Å²) in [5.41, 5.74) is 9.35.